The minimum Gasteiger partial charge on any atom is -0.462 e. The highest BCUT2D eigenvalue weighted by molar-refractivity contribution is 5.77. The molecule has 0 bridgehead atoms. The van der Waals surface area contributed by atoms with Crippen LogP contribution in [0.25, 0.3) is 0 Å². The van der Waals surface area contributed by atoms with E-state index in [0.717, 1.165) is 89.9 Å². The van der Waals surface area contributed by atoms with E-state index >= 15 is 0 Å². The van der Waals surface area contributed by atoms with Crippen LogP contribution in [0, 0.1) is 0 Å². The average Bonchev–Trinajstić information content (AvgIpc) is 3.33. The van der Waals surface area contributed by atoms with E-state index in [4.69, 9.17) is 4.74 Å². The monoisotopic (exact) mass is 954 g/mol. The lowest BCUT2D eigenvalue weighted by atomic mass is 10.0. The molecule has 6 nitrogen and oxygen atoms in total. The maximum atomic E-state index is 13.3. The Bertz CT molecular complexity index is 1160. The molecule has 398 valence electrons. The highest BCUT2D eigenvalue weighted by Crippen LogP contribution is 2.18. The van der Waals surface area contributed by atoms with Crippen LogP contribution in [0.1, 0.15) is 310 Å². The number of nitrogens with one attached hydrogen (secondary N) is 1. The summed E-state index contributed by atoms with van der Waals surface area (Å²) in [5.74, 6) is -0.493. The second-order valence-electron chi connectivity index (χ2n) is 20.4. The van der Waals surface area contributed by atoms with Crippen LogP contribution < -0.4 is 5.32 Å². The molecule has 0 aliphatic heterocycles. The van der Waals surface area contributed by atoms with Crippen LogP contribution in [0.2, 0.25) is 0 Å². The number of allylic oxidation sites excluding steroid dienone is 8. The number of unbranched alkanes of at least 4 members (excludes halogenated alkanes) is 34. The maximum Gasteiger partial charge on any atom is 0.306 e. The molecule has 0 aliphatic rings. The molecule has 0 aromatic rings. The van der Waals surface area contributed by atoms with Gasteiger partial charge in [0.05, 0.1) is 25.2 Å². The Morgan fingerprint density at radius 2 is 0.750 bits per heavy atom. The SMILES string of the molecule is CCCCC/C=C\C/C=C\C/C=C\CCCCCCC(CC(=O)NC(CO)C(O)CCCCCCCCCCCCCCCC)OC(=O)CCCCCCC/C=C/CCCCCCCCCCC. The van der Waals surface area contributed by atoms with Crippen molar-refractivity contribution in [3.05, 3.63) is 48.6 Å². The van der Waals surface area contributed by atoms with Crippen LogP contribution in [0.3, 0.4) is 0 Å². The van der Waals surface area contributed by atoms with Gasteiger partial charge in [0.1, 0.15) is 6.10 Å². The fourth-order valence-corrected chi connectivity index (χ4v) is 9.08. The second kappa shape index (κ2) is 55.7. The first kappa shape index (κ1) is 65.8. The quantitative estimate of drug-likeness (QED) is 0.0321. The Morgan fingerprint density at radius 1 is 0.426 bits per heavy atom. The number of rotatable bonds is 54. The molecule has 0 saturated heterocycles. The third-order valence-corrected chi connectivity index (χ3v) is 13.6. The van der Waals surface area contributed by atoms with Gasteiger partial charge in [-0.1, -0.05) is 256 Å². The molecule has 3 unspecified atom stereocenters. The molecule has 0 saturated carbocycles. The molecular weight excluding hydrogens is 839 g/mol. The van der Waals surface area contributed by atoms with Crippen LogP contribution in [0.15, 0.2) is 48.6 Å². The number of hydrogen-bond acceptors (Lipinski definition) is 5. The Balaban J connectivity index is 4.60. The average molecular weight is 955 g/mol. The maximum absolute atomic E-state index is 13.3. The zero-order chi connectivity index (χ0) is 49.5. The van der Waals surface area contributed by atoms with Crippen molar-refractivity contribution in [2.45, 2.75) is 328 Å². The van der Waals surface area contributed by atoms with Crippen molar-refractivity contribution < 1.29 is 24.5 Å². The van der Waals surface area contributed by atoms with E-state index in [1.807, 2.05) is 0 Å². The Morgan fingerprint density at radius 3 is 1.18 bits per heavy atom. The van der Waals surface area contributed by atoms with Gasteiger partial charge in [-0.2, -0.15) is 0 Å². The topological polar surface area (TPSA) is 95.9 Å². The molecule has 0 heterocycles. The van der Waals surface area contributed by atoms with Gasteiger partial charge in [0.15, 0.2) is 0 Å². The predicted molar refractivity (Wildman–Crippen MR) is 296 cm³/mol. The predicted octanol–water partition coefficient (Wildman–Crippen LogP) is 18.6. The molecule has 0 fully saturated rings. The number of aliphatic hydroxyl groups excluding tert-OH is 2. The Kier molecular flexibility index (Phi) is 54.0. The summed E-state index contributed by atoms with van der Waals surface area (Å²) in [7, 11) is 0. The zero-order valence-electron chi connectivity index (χ0n) is 45.5. The molecule has 0 radical (unpaired) electrons. The first-order valence-corrected chi connectivity index (χ1v) is 29.9. The fraction of sp³-hybridized carbons (Fsp3) is 0.839. The summed E-state index contributed by atoms with van der Waals surface area (Å²) in [5, 5.41) is 23.9. The van der Waals surface area contributed by atoms with Crippen molar-refractivity contribution in [3.8, 4) is 0 Å². The molecule has 3 atom stereocenters. The van der Waals surface area contributed by atoms with Crippen molar-refractivity contribution in [2.75, 3.05) is 6.61 Å². The van der Waals surface area contributed by atoms with E-state index in [-0.39, 0.29) is 24.9 Å². The van der Waals surface area contributed by atoms with E-state index in [9.17, 15) is 19.8 Å². The van der Waals surface area contributed by atoms with Crippen LogP contribution in [0.5, 0.6) is 0 Å². The largest absolute Gasteiger partial charge is 0.462 e. The number of ether oxygens (including phenoxy) is 1. The fourth-order valence-electron chi connectivity index (χ4n) is 9.08. The lowest BCUT2D eigenvalue weighted by Crippen LogP contribution is -2.46. The molecule has 68 heavy (non-hydrogen) atoms. The van der Waals surface area contributed by atoms with E-state index in [0.29, 0.717) is 19.3 Å². The summed E-state index contributed by atoms with van der Waals surface area (Å²) < 4.78 is 5.96. The molecule has 3 N–H and O–H groups in total. The molecule has 0 rings (SSSR count). The summed E-state index contributed by atoms with van der Waals surface area (Å²) in [6.07, 6.45) is 68.9. The first-order chi connectivity index (χ1) is 33.5. The number of carbonyl (C=O) groups is 2. The van der Waals surface area contributed by atoms with Gasteiger partial charge in [0, 0.05) is 6.42 Å². The standard InChI is InChI=1S/C62H115NO5/c1-4-7-10-13-16-19-22-25-28-30-32-34-37-40-43-46-49-52-55-62(67)68-58(53-50-47-44-41-38-35-33-31-29-26-23-20-17-14-11-8-5-2)56-61(66)63-59(57-64)60(65)54-51-48-45-42-39-36-27-24-21-18-15-12-9-6-3/h17,20,26,29,32-35,58-60,64-65H,4-16,18-19,21-25,27-28,30-31,36-57H2,1-3H3,(H,63,66)/b20-17-,29-26-,34-32+,35-33-. The van der Waals surface area contributed by atoms with Crippen molar-refractivity contribution >= 4 is 11.9 Å². The lowest BCUT2D eigenvalue weighted by Gasteiger charge is -2.24. The highest BCUT2D eigenvalue weighted by Gasteiger charge is 2.24. The van der Waals surface area contributed by atoms with Crippen LogP contribution in [-0.4, -0.2) is 46.9 Å². The van der Waals surface area contributed by atoms with Gasteiger partial charge in [-0.05, 0) is 89.9 Å². The molecule has 6 heteroatoms. The third-order valence-electron chi connectivity index (χ3n) is 13.6. The Labute approximate surface area is 423 Å². The van der Waals surface area contributed by atoms with Gasteiger partial charge in [0.2, 0.25) is 5.91 Å². The molecule has 0 spiro atoms. The highest BCUT2D eigenvalue weighted by atomic mass is 16.5. The van der Waals surface area contributed by atoms with Gasteiger partial charge in [-0.15, -0.1) is 0 Å². The summed E-state index contributed by atoms with van der Waals surface area (Å²) in [6, 6.07) is -0.711. The summed E-state index contributed by atoms with van der Waals surface area (Å²) in [5.41, 5.74) is 0. The van der Waals surface area contributed by atoms with Crippen molar-refractivity contribution in [2.24, 2.45) is 0 Å². The smallest absolute Gasteiger partial charge is 0.306 e. The van der Waals surface area contributed by atoms with Gasteiger partial charge in [0.25, 0.3) is 0 Å². The normalized spacial score (nSPS) is 13.4. The van der Waals surface area contributed by atoms with E-state index < -0.39 is 18.2 Å². The third kappa shape index (κ3) is 50.2. The lowest BCUT2D eigenvalue weighted by molar-refractivity contribution is -0.151. The van der Waals surface area contributed by atoms with Crippen LogP contribution in [-0.2, 0) is 14.3 Å². The molecule has 0 aromatic heterocycles. The van der Waals surface area contributed by atoms with E-state index in [1.165, 1.54) is 173 Å². The number of amides is 1. The first-order valence-electron chi connectivity index (χ1n) is 29.9. The number of aliphatic hydroxyl groups is 2. The van der Waals surface area contributed by atoms with Gasteiger partial charge in [-0.25, -0.2) is 0 Å². The number of esters is 1. The van der Waals surface area contributed by atoms with Gasteiger partial charge < -0.3 is 20.3 Å². The van der Waals surface area contributed by atoms with Gasteiger partial charge in [-0.3, -0.25) is 9.59 Å². The summed E-state index contributed by atoms with van der Waals surface area (Å²) in [4.78, 5) is 26.3. The van der Waals surface area contributed by atoms with Crippen molar-refractivity contribution in [3.63, 3.8) is 0 Å². The van der Waals surface area contributed by atoms with Gasteiger partial charge >= 0.3 is 5.97 Å². The minimum atomic E-state index is -0.796. The van der Waals surface area contributed by atoms with E-state index in [1.54, 1.807) is 0 Å². The summed E-state index contributed by atoms with van der Waals surface area (Å²) >= 11 is 0. The Hall–Kier alpha value is -2.18. The minimum absolute atomic E-state index is 0.0609. The molecule has 0 aliphatic carbocycles. The van der Waals surface area contributed by atoms with Crippen LogP contribution in [0.4, 0.5) is 0 Å². The van der Waals surface area contributed by atoms with Crippen molar-refractivity contribution in [1.82, 2.24) is 5.32 Å². The zero-order valence-corrected chi connectivity index (χ0v) is 45.5. The number of hydrogen-bond donors (Lipinski definition) is 3. The molecule has 1 amide bonds. The summed E-state index contributed by atoms with van der Waals surface area (Å²) in [6.45, 7) is 6.48. The number of carbonyl (C=O) groups excluding carboxylic acids is 2. The van der Waals surface area contributed by atoms with Crippen molar-refractivity contribution in [1.29, 1.82) is 0 Å². The van der Waals surface area contributed by atoms with E-state index in [2.05, 4.69) is 74.7 Å². The molecule has 0 aromatic carbocycles. The second-order valence-corrected chi connectivity index (χ2v) is 20.4. The molecular formula is C62H115NO5. The van der Waals surface area contributed by atoms with Crippen LogP contribution >= 0.6 is 0 Å².